The molecular weight excluding hydrogens is 268 g/mol. The maximum Gasteiger partial charge on any atom is 0.134 e. The summed E-state index contributed by atoms with van der Waals surface area (Å²) >= 11 is 0. The fourth-order valence-corrected chi connectivity index (χ4v) is 3.20. The van der Waals surface area contributed by atoms with Crippen LogP contribution in [0.15, 0.2) is 18.5 Å². The van der Waals surface area contributed by atoms with E-state index in [1.165, 1.54) is 77.0 Å². The Morgan fingerprint density at radius 2 is 1.18 bits per heavy atom. The van der Waals surface area contributed by atoms with E-state index in [0.29, 0.717) is 0 Å². The molecule has 2 heteroatoms. The number of nitrogens with zero attached hydrogens (tertiary/aromatic N) is 2. The number of aromatic nitrogens is 2. The normalized spacial score (nSPS) is 11.8. The van der Waals surface area contributed by atoms with Crippen molar-refractivity contribution >= 4 is 0 Å². The van der Waals surface area contributed by atoms with Gasteiger partial charge >= 0.3 is 0 Å². The summed E-state index contributed by atoms with van der Waals surface area (Å²) in [5.74, 6) is 1.06. The summed E-state index contributed by atoms with van der Waals surface area (Å²) < 4.78 is 0. The zero-order chi connectivity index (χ0) is 16.1. The van der Waals surface area contributed by atoms with Crippen molar-refractivity contribution in [1.29, 1.82) is 0 Å². The molecule has 0 bridgehead atoms. The molecule has 0 aliphatic carbocycles. The lowest BCUT2D eigenvalue weighted by molar-refractivity contribution is 0.344. The first kappa shape index (κ1) is 19.1. The van der Waals surface area contributed by atoms with Gasteiger partial charge in [-0.05, 0) is 18.9 Å². The Bertz CT molecular complexity index is 347. The van der Waals surface area contributed by atoms with E-state index in [-0.39, 0.29) is 5.41 Å². The maximum atomic E-state index is 4.57. The number of rotatable bonds is 13. The van der Waals surface area contributed by atoms with Crippen LogP contribution in [0.2, 0.25) is 0 Å². The van der Waals surface area contributed by atoms with Crippen LogP contribution in [0.4, 0.5) is 0 Å². The van der Waals surface area contributed by atoms with E-state index in [2.05, 4.69) is 30.7 Å². The summed E-state index contributed by atoms with van der Waals surface area (Å²) in [4.78, 5) is 9.14. The first-order valence-corrected chi connectivity index (χ1v) is 9.50. The van der Waals surface area contributed by atoms with Crippen molar-refractivity contribution < 1.29 is 0 Å². The molecule has 1 rings (SSSR count). The van der Waals surface area contributed by atoms with Crippen LogP contribution in [-0.2, 0) is 5.41 Å². The van der Waals surface area contributed by atoms with Crippen molar-refractivity contribution in [2.45, 2.75) is 103 Å². The highest BCUT2D eigenvalue weighted by molar-refractivity contribution is 5.05. The molecule has 0 fully saturated rings. The summed E-state index contributed by atoms with van der Waals surface area (Å²) in [6.45, 7) is 6.93. The molecule has 22 heavy (non-hydrogen) atoms. The van der Waals surface area contributed by atoms with E-state index in [1.54, 1.807) is 0 Å². The number of unbranched alkanes of at least 4 members (excludes halogenated alkanes) is 8. The smallest absolute Gasteiger partial charge is 0.134 e. The molecule has 0 saturated carbocycles. The standard InChI is InChI=1S/C20H36N2/c1-4-6-8-10-12-15-20(3,16-13-11-9-7-5-2)19-21-17-14-18-22-19/h14,17-18H,4-13,15-16H2,1-3H3. The topological polar surface area (TPSA) is 25.8 Å². The fourth-order valence-electron chi connectivity index (χ4n) is 3.20. The second-order valence-electron chi connectivity index (χ2n) is 6.96. The Hall–Kier alpha value is -0.920. The zero-order valence-electron chi connectivity index (χ0n) is 15.1. The molecule has 1 heterocycles. The lowest BCUT2D eigenvalue weighted by Gasteiger charge is -2.28. The Kier molecular flexibility index (Phi) is 10.1. The minimum Gasteiger partial charge on any atom is -0.241 e. The summed E-state index contributed by atoms with van der Waals surface area (Å²) in [6, 6.07) is 1.92. The van der Waals surface area contributed by atoms with Crippen LogP contribution in [0.25, 0.3) is 0 Å². The van der Waals surface area contributed by atoms with E-state index in [9.17, 15) is 0 Å². The van der Waals surface area contributed by atoms with E-state index in [0.717, 1.165) is 5.82 Å². The third-order valence-corrected chi connectivity index (χ3v) is 4.77. The number of hydrogen-bond acceptors (Lipinski definition) is 2. The summed E-state index contributed by atoms with van der Waals surface area (Å²) in [5, 5.41) is 0. The fraction of sp³-hybridized carbons (Fsp3) is 0.800. The van der Waals surface area contributed by atoms with Crippen LogP contribution in [-0.4, -0.2) is 9.97 Å². The van der Waals surface area contributed by atoms with Crippen LogP contribution in [0.5, 0.6) is 0 Å². The molecular formula is C20H36N2. The predicted molar refractivity (Wildman–Crippen MR) is 96.1 cm³/mol. The summed E-state index contributed by atoms with van der Waals surface area (Å²) in [5.41, 5.74) is 0.166. The van der Waals surface area contributed by atoms with Crippen molar-refractivity contribution in [3.8, 4) is 0 Å². The average Bonchev–Trinajstić information content (AvgIpc) is 2.55. The van der Waals surface area contributed by atoms with Gasteiger partial charge in [0.15, 0.2) is 0 Å². The lowest BCUT2D eigenvalue weighted by atomic mass is 9.78. The Balaban J connectivity index is 2.49. The highest BCUT2D eigenvalue weighted by Crippen LogP contribution is 2.33. The molecule has 0 radical (unpaired) electrons. The second-order valence-corrected chi connectivity index (χ2v) is 6.96. The van der Waals surface area contributed by atoms with Crippen LogP contribution in [0.3, 0.4) is 0 Å². The van der Waals surface area contributed by atoms with Gasteiger partial charge in [0.1, 0.15) is 5.82 Å². The van der Waals surface area contributed by atoms with E-state index >= 15 is 0 Å². The Labute approximate surface area is 138 Å². The Morgan fingerprint density at radius 3 is 1.64 bits per heavy atom. The van der Waals surface area contributed by atoms with Crippen LogP contribution in [0, 0.1) is 0 Å². The second kappa shape index (κ2) is 11.6. The van der Waals surface area contributed by atoms with Crippen LogP contribution >= 0.6 is 0 Å². The van der Waals surface area contributed by atoms with Gasteiger partial charge in [-0.1, -0.05) is 85.0 Å². The molecule has 0 aliphatic rings. The van der Waals surface area contributed by atoms with E-state index in [1.807, 2.05) is 18.5 Å². The number of hydrogen-bond donors (Lipinski definition) is 0. The molecule has 0 saturated heterocycles. The third kappa shape index (κ3) is 7.38. The average molecular weight is 305 g/mol. The van der Waals surface area contributed by atoms with Gasteiger partial charge in [0, 0.05) is 17.8 Å². The molecule has 0 atom stereocenters. The summed E-state index contributed by atoms with van der Waals surface area (Å²) in [7, 11) is 0. The molecule has 2 nitrogen and oxygen atoms in total. The quantitative estimate of drug-likeness (QED) is 0.391. The van der Waals surface area contributed by atoms with Gasteiger partial charge < -0.3 is 0 Å². The van der Waals surface area contributed by atoms with E-state index < -0.39 is 0 Å². The van der Waals surface area contributed by atoms with Gasteiger partial charge in [-0.2, -0.15) is 0 Å². The lowest BCUT2D eigenvalue weighted by Crippen LogP contribution is -2.25. The highest BCUT2D eigenvalue weighted by Gasteiger charge is 2.28. The van der Waals surface area contributed by atoms with Crippen molar-refractivity contribution in [1.82, 2.24) is 9.97 Å². The SMILES string of the molecule is CCCCCCCC(C)(CCCCCCC)c1ncccn1. The minimum atomic E-state index is 0.166. The first-order chi connectivity index (χ1) is 10.7. The van der Waals surface area contributed by atoms with Crippen LogP contribution < -0.4 is 0 Å². The van der Waals surface area contributed by atoms with Gasteiger partial charge in [0.25, 0.3) is 0 Å². The largest absolute Gasteiger partial charge is 0.241 e. The predicted octanol–water partition coefficient (Wildman–Crippen LogP) is 6.46. The maximum absolute atomic E-state index is 4.57. The molecule has 0 amide bonds. The monoisotopic (exact) mass is 304 g/mol. The minimum absolute atomic E-state index is 0.166. The molecule has 1 aromatic heterocycles. The molecule has 0 aromatic carbocycles. The molecule has 0 spiro atoms. The molecule has 0 unspecified atom stereocenters. The molecule has 0 aliphatic heterocycles. The van der Waals surface area contributed by atoms with Crippen molar-refractivity contribution in [2.24, 2.45) is 0 Å². The first-order valence-electron chi connectivity index (χ1n) is 9.50. The molecule has 126 valence electrons. The van der Waals surface area contributed by atoms with Gasteiger partial charge in [-0.3, -0.25) is 0 Å². The molecule has 0 N–H and O–H groups in total. The zero-order valence-corrected chi connectivity index (χ0v) is 15.1. The van der Waals surface area contributed by atoms with Crippen molar-refractivity contribution in [2.75, 3.05) is 0 Å². The van der Waals surface area contributed by atoms with Gasteiger partial charge in [-0.25, -0.2) is 9.97 Å². The van der Waals surface area contributed by atoms with Gasteiger partial charge in [-0.15, -0.1) is 0 Å². The van der Waals surface area contributed by atoms with Gasteiger partial charge in [0.05, 0.1) is 0 Å². The highest BCUT2D eigenvalue weighted by atomic mass is 14.9. The third-order valence-electron chi connectivity index (χ3n) is 4.77. The van der Waals surface area contributed by atoms with E-state index in [4.69, 9.17) is 0 Å². The van der Waals surface area contributed by atoms with Crippen LogP contribution in [0.1, 0.15) is 104 Å². The van der Waals surface area contributed by atoms with Gasteiger partial charge in [0.2, 0.25) is 0 Å². The summed E-state index contributed by atoms with van der Waals surface area (Å²) in [6.07, 6.45) is 19.7. The Morgan fingerprint density at radius 1 is 0.727 bits per heavy atom. The van der Waals surface area contributed by atoms with Crippen molar-refractivity contribution in [3.05, 3.63) is 24.3 Å². The van der Waals surface area contributed by atoms with Crippen molar-refractivity contribution in [3.63, 3.8) is 0 Å². The molecule has 1 aromatic rings.